The first-order valence-corrected chi connectivity index (χ1v) is 9.51. The lowest BCUT2D eigenvalue weighted by Crippen LogP contribution is -2.10. The molecule has 0 spiro atoms. The molecule has 0 fully saturated rings. The largest absolute Gasteiger partial charge is 0.418 e. The molecule has 3 aromatic carbocycles. The standard InChI is InChI=1S/C25H19F3N2/c1-16-3-7-18(8-4-16)19-11-13-20(14-12-19)23-15-22(25(26,27)28)24(30-29-23)21-9-5-17(2)6-10-21/h3-15H,1-2H3. The van der Waals surface area contributed by atoms with Crippen LogP contribution in [0.15, 0.2) is 78.9 Å². The fourth-order valence-electron chi connectivity index (χ4n) is 3.25. The molecular formula is C25H19F3N2. The minimum absolute atomic E-state index is 0.164. The minimum atomic E-state index is -4.53. The number of hydrogen-bond acceptors (Lipinski definition) is 2. The molecule has 5 heteroatoms. The molecule has 1 heterocycles. The van der Waals surface area contributed by atoms with Gasteiger partial charge in [-0.15, -0.1) is 10.2 Å². The second-order valence-electron chi connectivity index (χ2n) is 7.30. The Morgan fingerprint density at radius 1 is 0.567 bits per heavy atom. The summed E-state index contributed by atoms with van der Waals surface area (Å²) in [5.74, 6) is 0. The summed E-state index contributed by atoms with van der Waals surface area (Å²) in [5, 5.41) is 8.03. The van der Waals surface area contributed by atoms with E-state index in [1.165, 1.54) is 5.56 Å². The first-order valence-electron chi connectivity index (χ1n) is 9.51. The molecule has 4 aromatic rings. The van der Waals surface area contributed by atoms with Crippen molar-refractivity contribution >= 4 is 0 Å². The first-order chi connectivity index (χ1) is 14.3. The normalized spacial score (nSPS) is 11.5. The van der Waals surface area contributed by atoms with Crippen LogP contribution in [0.3, 0.4) is 0 Å². The zero-order valence-electron chi connectivity index (χ0n) is 16.5. The van der Waals surface area contributed by atoms with E-state index in [0.29, 0.717) is 11.1 Å². The SMILES string of the molecule is Cc1ccc(-c2ccc(-c3cc(C(F)(F)F)c(-c4ccc(C)cc4)nn3)cc2)cc1. The number of aryl methyl sites for hydroxylation is 2. The molecule has 0 bridgehead atoms. The van der Waals surface area contributed by atoms with Crippen LogP contribution in [-0.2, 0) is 6.18 Å². The van der Waals surface area contributed by atoms with Crippen molar-refractivity contribution in [2.24, 2.45) is 0 Å². The molecule has 0 saturated carbocycles. The highest BCUT2D eigenvalue weighted by atomic mass is 19.4. The van der Waals surface area contributed by atoms with Crippen molar-refractivity contribution in [1.29, 1.82) is 0 Å². The Hall–Kier alpha value is -3.47. The maximum Gasteiger partial charge on any atom is 0.418 e. The second kappa shape index (κ2) is 7.75. The fourth-order valence-corrected chi connectivity index (χ4v) is 3.25. The fraction of sp³-hybridized carbons (Fsp3) is 0.120. The molecule has 0 N–H and O–H groups in total. The average Bonchev–Trinajstić information content (AvgIpc) is 2.74. The molecule has 1 aromatic heterocycles. The topological polar surface area (TPSA) is 25.8 Å². The van der Waals surface area contributed by atoms with Crippen LogP contribution in [0.25, 0.3) is 33.6 Å². The van der Waals surface area contributed by atoms with Crippen LogP contribution in [0.2, 0.25) is 0 Å². The summed E-state index contributed by atoms with van der Waals surface area (Å²) in [6.07, 6.45) is -4.53. The number of hydrogen-bond donors (Lipinski definition) is 0. The molecule has 0 aliphatic carbocycles. The van der Waals surface area contributed by atoms with E-state index in [1.54, 1.807) is 36.4 Å². The van der Waals surface area contributed by atoms with E-state index in [-0.39, 0.29) is 11.4 Å². The molecule has 0 aliphatic rings. The van der Waals surface area contributed by atoms with Crippen LogP contribution in [0.5, 0.6) is 0 Å². The lowest BCUT2D eigenvalue weighted by molar-refractivity contribution is -0.137. The first kappa shape index (κ1) is 19.8. The predicted octanol–water partition coefficient (Wildman–Crippen LogP) is 7.11. The smallest absolute Gasteiger partial charge is 0.166 e. The van der Waals surface area contributed by atoms with Gasteiger partial charge in [-0.1, -0.05) is 83.9 Å². The van der Waals surface area contributed by atoms with Crippen molar-refractivity contribution in [2.75, 3.05) is 0 Å². The van der Waals surface area contributed by atoms with Crippen molar-refractivity contribution in [3.8, 4) is 33.6 Å². The van der Waals surface area contributed by atoms with Gasteiger partial charge in [0.05, 0.1) is 11.3 Å². The van der Waals surface area contributed by atoms with E-state index in [0.717, 1.165) is 22.8 Å². The van der Waals surface area contributed by atoms with E-state index >= 15 is 0 Å². The van der Waals surface area contributed by atoms with E-state index < -0.39 is 11.7 Å². The van der Waals surface area contributed by atoms with Gasteiger partial charge in [-0.25, -0.2) is 0 Å². The van der Waals surface area contributed by atoms with Crippen LogP contribution in [0, 0.1) is 13.8 Å². The Kier molecular flexibility index (Phi) is 5.12. The third-order valence-electron chi connectivity index (χ3n) is 4.99. The quantitative estimate of drug-likeness (QED) is 0.363. The van der Waals surface area contributed by atoms with Crippen molar-refractivity contribution in [3.05, 3.63) is 95.6 Å². The van der Waals surface area contributed by atoms with Gasteiger partial charge in [0.2, 0.25) is 0 Å². The van der Waals surface area contributed by atoms with Crippen LogP contribution in [-0.4, -0.2) is 10.2 Å². The summed E-state index contributed by atoms with van der Waals surface area (Å²) in [6.45, 7) is 3.90. The van der Waals surface area contributed by atoms with Gasteiger partial charge in [-0.2, -0.15) is 13.2 Å². The number of aromatic nitrogens is 2. The Morgan fingerprint density at radius 3 is 1.50 bits per heavy atom. The van der Waals surface area contributed by atoms with E-state index in [4.69, 9.17) is 0 Å². The van der Waals surface area contributed by atoms with Gasteiger partial charge < -0.3 is 0 Å². The summed E-state index contributed by atoms with van der Waals surface area (Å²) in [7, 11) is 0. The molecule has 0 radical (unpaired) electrons. The second-order valence-corrected chi connectivity index (χ2v) is 7.30. The van der Waals surface area contributed by atoms with E-state index in [9.17, 15) is 13.2 Å². The van der Waals surface area contributed by atoms with Crippen molar-refractivity contribution in [3.63, 3.8) is 0 Å². The average molecular weight is 404 g/mol. The van der Waals surface area contributed by atoms with Gasteiger partial charge >= 0.3 is 6.18 Å². The third-order valence-corrected chi connectivity index (χ3v) is 4.99. The Morgan fingerprint density at radius 2 is 1.00 bits per heavy atom. The maximum atomic E-state index is 13.8. The number of rotatable bonds is 3. The summed E-state index contributed by atoms with van der Waals surface area (Å²) in [5.41, 5.74) is 4.36. The van der Waals surface area contributed by atoms with Crippen LogP contribution in [0.1, 0.15) is 16.7 Å². The summed E-state index contributed by atoms with van der Waals surface area (Å²) < 4.78 is 41.3. The van der Waals surface area contributed by atoms with E-state index in [2.05, 4.69) is 10.2 Å². The predicted molar refractivity (Wildman–Crippen MR) is 113 cm³/mol. The summed E-state index contributed by atoms with van der Waals surface area (Å²) >= 11 is 0. The highest BCUT2D eigenvalue weighted by molar-refractivity contribution is 5.71. The third kappa shape index (κ3) is 4.10. The Labute approximate surface area is 173 Å². The number of halogens is 3. The van der Waals surface area contributed by atoms with Gasteiger partial charge in [0.25, 0.3) is 0 Å². The Bertz CT molecular complexity index is 1160. The molecule has 150 valence electrons. The number of alkyl halides is 3. The number of benzene rings is 3. The van der Waals surface area contributed by atoms with Gasteiger partial charge in [-0.3, -0.25) is 0 Å². The molecule has 30 heavy (non-hydrogen) atoms. The van der Waals surface area contributed by atoms with Crippen molar-refractivity contribution in [1.82, 2.24) is 10.2 Å². The van der Waals surface area contributed by atoms with Crippen molar-refractivity contribution in [2.45, 2.75) is 20.0 Å². The van der Waals surface area contributed by atoms with Crippen LogP contribution in [0.4, 0.5) is 13.2 Å². The summed E-state index contributed by atoms with van der Waals surface area (Å²) in [6, 6.07) is 23.2. The van der Waals surface area contributed by atoms with Crippen molar-refractivity contribution < 1.29 is 13.2 Å². The molecule has 0 saturated heterocycles. The zero-order valence-corrected chi connectivity index (χ0v) is 16.5. The highest BCUT2D eigenvalue weighted by Gasteiger charge is 2.35. The lowest BCUT2D eigenvalue weighted by atomic mass is 10.00. The van der Waals surface area contributed by atoms with Crippen LogP contribution >= 0.6 is 0 Å². The van der Waals surface area contributed by atoms with Gasteiger partial charge in [0.15, 0.2) is 0 Å². The van der Waals surface area contributed by atoms with Gasteiger partial charge in [0.1, 0.15) is 5.69 Å². The molecule has 0 unspecified atom stereocenters. The molecule has 0 amide bonds. The molecule has 0 aliphatic heterocycles. The van der Waals surface area contributed by atoms with E-state index in [1.807, 2.05) is 50.2 Å². The minimum Gasteiger partial charge on any atom is -0.166 e. The Balaban J connectivity index is 1.72. The monoisotopic (exact) mass is 404 g/mol. The number of nitrogens with zero attached hydrogens (tertiary/aromatic N) is 2. The maximum absolute atomic E-state index is 13.8. The molecular weight excluding hydrogens is 385 g/mol. The summed E-state index contributed by atoms with van der Waals surface area (Å²) in [4.78, 5) is 0. The molecule has 0 atom stereocenters. The highest BCUT2D eigenvalue weighted by Crippen LogP contribution is 2.37. The van der Waals surface area contributed by atoms with Gasteiger partial charge in [-0.05, 0) is 31.0 Å². The molecule has 4 rings (SSSR count). The lowest BCUT2D eigenvalue weighted by Gasteiger charge is -2.13. The van der Waals surface area contributed by atoms with Crippen LogP contribution < -0.4 is 0 Å². The molecule has 2 nitrogen and oxygen atoms in total. The zero-order chi connectivity index (χ0) is 21.3. The van der Waals surface area contributed by atoms with Gasteiger partial charge in [0, 0.05) is 11.1 Å².